The third-order valence-corrected chi connectivity index (χ3v) is 5.61. The van der Waals surface area contributed by atoms with Crippen LogP contribution in [0.25, 0.3) is 17.0 Å². The maximum Gasteiger partial charge on any atom is 0.322 e. The van der Waals surface area contributed by atoms with Crippen molar-refractivity contribution in [2.45, 2.75) is 13.0 Å². The highest BCUT2D eigenvalue weighted by Crippen LogP contribution is 2.39. The first-order chi connectivity index (χ1) is 15.5. The number of urea groups is 1. The molecule has 0 radical (unpaired) electrons. The van der Waals surface area contributed by atoms with Gasteiger partial charge in [-0.2, -0.15) is 4.98 Å². The lowest BCUT2D eigenvalue weighted by Gasteiger charge is -2.34. The van der Waals surface area contributed by atoms with Gasteiger partial charge in [-0.15, -0.1) is 6.58 Å². The summed E-state index contributed by atoms with van der Waals surface area (Å²) >= 11 is 6.21. The normalized spacial score (nSPS) is 17.5. The first-order valence-electron chi connectivity index (χ1n) is 9.94. The Balaban J connectivity index is 1.59. The number of aromatic nitrogens is 2. The summed E-state index contributed by atoms with van der Waals surface area (Å²) in [5.41, 5.74) is 2.92. The quantitative estimate of drug-likeness (QED) is 0.561. The fourth-order valence-electron chi connectivity index (χ4n) is 3.83. The van der Waals surface area contributed by atoms with E-state index in [0.717, 1.165) is 11.1 Å². The van der Waals surface area contributed by atoms with E-state index < -0.39 is 6.04 Å². The molecular formula is C23H19ClN4O4. The van der Waals surface area contributed by atoms with Crippen LogP contribution in [0.2, 0.25) is 5.02 Å². The molecular weight excluding hydrogens is 432 g/mol. The van der Waals surface area contributed by atoms with Crippen molar-refractivity contribution in [1.82, 2.24) is 20.4 Å². The zero-order valence-corrected chi connectivity index (χ0v) is 17.9. The molecule has 162 valence electrons. The molecule has 0 saturated carbocycles. The van der Waals surface area contributed by atoms with Crippen LogP contribution in [0.4, 0.5) is 4.79 Å². The number of allylic oxidation sites excluding steroid dienone is 1. The minimum atomic E-state index is -0.507. The Kier molecular flexibility index (Phi) is 5.07. The maximum atomic E-state index is 12.8. The van der Waals surface area contributed by atoms with Gasteiger partial charge in [0.15, 0.2) is 11.5 Å². The fraction of sp³-hybridized carbons (Fsp3) is 0.174. The van der Waals surface area contributed by atoms with Crippen molar-refractivity contribution in [1.29, 1.82) is 0 Å². The molecule has 2 aliphatic rings. The first kappa shape index (κ1) is 20.1. The standard InChI is InChI=1S/C23H19ClN4O4/c1-3-9-28-13(2)19(20(25-23(28)29)14-5-4-6-16(24)10-14)22-26-21(27-32-22)15-7-8-17-18(11-15)31-12-30-17/h3-8,10-11,20H,1,9,12H2,2H3,(H,25,29). The summed E-state index contributed by atoms with van der Waals surface area (Å²) < 4.78 is 16.5. The van der Waals surface area contributed by atoms with Crippen LogP contribution >= 0.6 is 11.6 Å². The Morgan fingerprint density at radius 1 is 1.25 bits per heavy atom. The topological polar surface area (TPSA) is 89.7 Å². The summed E-state index contributed by atoms with van der Waals surface area (Å²) in [7, 11) is 0. The van der Waals surface area contributed by atoms with Crippen LogP contribution in [0.3, 0.4) is 0 Å². The zero-order chi connectivity index (χ0) is 22.2. The Morgan fingerprint density at radius 2 is 2.09 bits per heavy atom. The number of carbonyl (C=O) groups excluding carboxylic acids is 1. The van der Waals surface area contributed by atoms with Crippen molar-refractivity contribution >= 4 is 23.2 Å². The van der Waals surface area contributed by atoms with Gasteiger partial charge in [0.2, 0.25) is 12.6 Å². The molecule has 0 spiro atoms. The van der Waals surface area contributed by atoms with Crippen molar-refractivity contribution in [2.75, 3.05) is 13.3 Å². The monoisotopic (exact) mass is 450 g/mol. The molecule has 1 N–H and O–H groups in total. The molecule has 3 aromatic rings. The van der Waals surface area contributed by atoms with Gasteiger partial charge in [0.1, 0.15) is 0 Å². The molecule has 32 heavy (non-hydrogen) atoms. The van der Waals surface area contributed by atoms with Gasteiger partial charge in [0.25, 0.3) is 5.89 Å². The van der Waals surface area contributed by atoms with Crippen molar-refractivity contribution in [3.63, 3.8) is 0 Å². The third-order valence-electron chi connectivity index (χ3n) is 5.38. The van der Waals surface area contributed by atoms with E-state index in [2.05, 4.69) is 22.0 Å². The van der Waals surface area contributed by atoms with E-state index in [1.165, 1.54) is 0 Å². The Hall–Kier alpha value is -3.78. The second-order valence-electron chi connectivity index (χ2n) is 7.33. The molecule has 3 heterocycles. The highest BCUT2D eigenvalue weighted by atomic mass is 35.5. The largest absolute Gasteiger partial charge is 0.454 e. The number of nitrogens with one attached hydrogen (secondary N) is 1. The SMILES string of the molecule is C=CCN1C(=O)NC(c2cccc(Cl)c2)C(c2nc(-c3ccc4c(c3)OCO4)no2)=C1C. The predicted octanol–water partition coefficient (Wildman–Crippen LogP) is 4.80. The summed E-state index contributed by atoms with van der Waals surface area (Å²) in [4.78, 5) is 19.0. The zero-order valence-electron chi connectivity index (χ0n) is 17.2. The predicted molar refractivity (Wildman–Crippen MR) is 118 cm³/mol. The number of hydrogen-bond donors (Lipinski definition) is 1. The number of rotatable bonds is 5. The van der Waals surface area contributed by atoms with Crippen LogP contribution in [0.15, 0.2) is 65.3 Å². The molecule has 9 heteroatoms. The molecule has 2 aliphatic heterocycles. The van der Waals surface area contributed by atoms with Gasteiger partial charge in [0, 0.05) is 22.8 Å². The van der Waals surface area contributed by atoms with Crippen LogP contribution < -0.4 is 14.8 Å². The molecule has 2 aromatic carbocycles. The first-order valence-corrected chi connectivity index (χ1v) is 10.3. The molecule has 0 bridgehead atoms. The van der Waals surface area contributed by atoms with Gasteiger partial charge in [-0.25, -0.2) is 4.79 Å². The maximum absolute atomic E-state index is 12.8. The summed E-state index contributed by atoms with van der Waals surface area (Å²) in [6.07, 6.45) is 1.66. The van der Waals surface area contributed by atoms with E-state index in [1.807, 2.05) is 25.1 Å². The van der Waals surface area contributed by atoms with E-state index >= 15 is 0 Å². The molecule has 8 nitrogen and oxygen atoms in total. The fourth-order valence-corrected chi connectivity index (χ4v) is 4.03. The lowest BCUT2D eigenvalue weighted by Crippen LogP contribution is -2.46. The average Bonchev–Trinajstić information content (AvgIpc) is 3.45. The van der Waals surface area contributed by atoms with Gasteiger partial charge in [-0.05, 0) is 42.8 Å². The van der Waals surface area contributed by atoms with Crippen molar-refractivity contribution in [3.8, 4) is 22.9 Å². The lowest BCUT2D eigenvalue weighted by molar-refractivity contribution is 0.174. The molecule has 0 fully saturated rings. The van der Waals surface area contributed by atoms with E-state index in [9.17, 15) is 4.79 Å². The Bertz CT molecular complexity index is 1250. The van der Waals surface area contributed by atoms with E-state index in [1.54, 1.807) is 35.2 Å². The summed E-state index contributed by atoms with van der Waals surface area (Å²) in [6, 6.07) is 12.0. The van der Waals surface area contributed by atoms with Crippen molar-refractivity contribution < 1.29 is 18.8 Å². The number of nitrogens with zero attached hydrogens (tertiary/aromatic N) is 3. The molecule has 5 rings (SSSR count). The van der Waals surface area contributed by atoms with E-state index in [-0.39, 0.29) is 12.8 Å². The second kappa shape index (κ2) is 8.05. The third kappa shape index (κ3) is 3.48. The molecule has 1 atom stereocenters. The number of ether oxygens (including phenoxy) is 2. The molecule has 0 saturated heterocycles. The minimum absolute atomic E-state index is 0.183. The number of amides is 2. The molecule has 2 amide bonds. The van der Waals surface area contributed by atoms with Gasteiger partial charge >= 0.3 is 6.03 Å². The van der Waals surface area contributed by atoms with Gasteiger partial charge in [-0.1, -0.05) is 35.0 Å². The minimum Gasteiger partial charge on any atom is -0.454 e. The second-order valence-corrected chi connectivity index (χ2v) is 7.76. The van der Waals surface area contributed by atoms with Crippen LogP contribution in [0.5, 0.6) is 11.5 Å². The summed E-state index contributed by atoms with van der Waals surface area (Å²) in [6.45, 7) is 6.12. The van der Waals surface area contributed by atoms with Crippen LogP contribution in [-0.4, -0.2) is 34.4 Å². The van der Waals surface area contributed by atoms with Gasteiger partial charge in [0.05, 0.1) is 11.6 Å². The van der Waals surface area contributed by atoms with Crippen LogP contribution in [0, 0.1) is 0 Å². The summed E-state index contributed by atoms with van der Waals surface area (Å²) in [5.74, 6) is 2.00. The van der Waals surface area contributed by atoms with Gasteiger partial charge in [-0.3, -0.25) is 4.90 Å². The van der Waals surface area contributed by atoms with Crippen molar-refractivity contribution in [3.05, 3.63) is 77.3 Å². The highest BCUT2D eigenvalue weighted by Gasteiger charge is 2.35. The lowest BCUT2D eigenvalue weighted by atomic mass is 9.94. The van der Waals surface area contributed by atoms with Crippen LogP contribution in [0.1, 0.15) is 24.4 Å². The number of halogens is 1. The van der Waals surface area contributed by atoms with E-state index in [0.29, 0.717) is 46.1 Å². The van der Waals surface area contributed by atoms with Gasteiger partial charge < -0.3 is 19.3 Å². The number of benzene rings is 2. The Labute approximate surface area is 189 Å². The molecule has 1 aromatic heterocycles. The molecule has 0 aliphatic carbocycles. The Morgan fingerprint density at radius 3 is 2.91 bits per heavy atom. The number of hydrogen-bond acceptors (Lipinski definition) is 6. The van der Waals surface area contributed by atoms with Crippen LogP contribution in [-0.2, 0) is 0 Å². The van der Waals surface area contributed by atoms with E-state index in [4.69, 9.17) is 25.6 Å². The summed E-state index contributed by atoms with van der Waals surface area (Å²) in [5, 5.41) is 7.74. The average molecular weight is 451 g/mol. The number of carbonyl (C=O) groups is 1. The van der Waals surface area contributed by atoms with Crippen molar-refractivity contribution in [2.24, 2.45) is 0 Å². The molecule has 1 unspecified atom stereocenters. The highest BCUT2D eigenvalue weighted by molar-refractivity contribution is 6.30. The number of fused-ring (bicyclic) bond motifs is 1. The smallest absolute Gasteiger partial charge is 0.322 e.